The molecular formula is C21H28N4O3. The van der Waals surface area contributed by atoms with E-state index in [0.717, 1.165) is 29.7 Å². The number of benzene rings is 1. The number of piperidine rings is 1. The molecule has 7 nitrogen and oxygen atoms in total. The molecule has 0 spiro atoms. The molecule has 1 fully saturated rings. The highest BCUT2D eigenvalue weighted by Gasteiger charge is 2.29. The van der Waals surface area contributed by atoms with E-state index in [1.165, 1.54) is 4.90 Å². The molecule has 0 saturated carbocycles. The third-order valence-corrected chi connectivity index (χ3v) is 5.19. The number of carbonyl (C=O) groups excluding carboxylic acids is 2. The number of oxazole rings is 1. The minimum absolute atomic E-state index is 0.0841. The van der Waals surface area contributed by atoms with Crippen LogP contribution in [0.3, 0.4) is 0 Å². The fourth-order valence-corrected chi connectivity index (χ4v) is 3.40. The van der Waals surface area contributed by atoms with Gasteiger partial charge in [0.25, 0.3) is 5.91 Å². The Labute approximate surface area is 165 Å². The Bertz CT molecular complexity index is 880. The average Bonchev–Trinajstić information content (AvgIpc) is 3.05. The van der Waals surface area contributed by atoms with Crippen molar-refractivity contribution in [3.8, 4) is 0 Å². The van der Waals surface area contributed by atoms with Crippen molar-refractivity contribution in [3.63, 3.8) is 0 Å². The molecule has 0 unspecified atom stereocenters. The van der Waals surface area contributed by atoms with Crippen molar-refractivity contribution in [2.24, 2.45) is 0 Å². The predicted molar refractivity (Wildman–Crippen MR) is 108 cm³/mol. The van der Waals surface area contributed by atoms with Gasteiger partial charge in [-0.2, -0.15) is 0 Å². The highest BCUT2D eigenvalue weighted by atomic mass is 16.4. The molecule has 2 heterocycles. The average molecular weight is 384 g/mol. The number of anilines is 1. The molecular weight excluding hydrogens is 356 g/mol. The summed E-state index contributed by atoms with van der Waals surface area (Å²) >= 11 is 0. The highest BCUT2D eigenvalue weighted by molar-refractivity contribution is 5.93. The standard InChI is InChI=1S/C21H28N4O3/c1-13-6-7-14(2)17(12-13)22-21(27)25-10-8-16(9-11-25)19-23-18(15(3)28-19)20(26)24(4)5/h6-7,12,16H,8-11H2,1-5H3,(H,22,27). The molecule has 1 aromatic carbocycles. The molecule has 0 atom stereocenters. The van der Waals surface area contributed by atoms with Gasteiger partial charge in [-0.15, -0.1) is 0 Å². The van der Waals surface area contributed by atoms with Gasteiger partial charge < -0.3 is 19.5 Å². The van der Waals surface area contributed by atoms with Gasteiger partial charge in [0, 0.05) is 38.8 Å². The lowest BCUT2D eigenvalue weighted by Crippen LogP contribution is -2.40. The first-order valence-electron chi connectivity index (χ1n) is 9.58. The van der Waals surface area contributed by atoms with E-state index >= 15 is 0 Å². The lowest BCUT2D eigenvalue weighted by atomic mass is 9.97. The molecule has 28 heavy (non-hydrogen) atoms. The zero-order valence-electron chi connectivity index (χ0n) is 17.2. The fourth-order valence-electron chi connectivity index (χ4n) is 3.40. The van der Waals surface area contributed by atoms with Gasteiger partial charge in [0.15, 0.2) is 11.6 Å². The van der Waals surface area contributed by atoms with Crippen molar-refractivity contribution in [1.29, 1.82) is 0 Å². The van der Waals surface area contributed by atoms with E-state index in [1.807, 2.05) is 36.9 Å². The first-order chi connectivity index (χ1) is 13.3. The molecule has 2 aromatic rings. The molecule has 0 radical (unpaired) electrons. The van der Waals surface area contributed by atoms with E-state index in [2.05, 4.69) is 10.3 Å². The van der Waals surface area contributed by atoms with Crippen LogP contribution in [0.25, 0.3) is 0 Å². The minimum atomic E-state index is -0.155. The zero-order chi connectivity index (χ0) is 20.4. The number of hydrogen-bond donors (Lipinski definition) is 1. The van der Waals surface area contributed by atoms with E-state index in [4.69, 9.17) is 4.42 Å². The number of nitrogens with zero attached hydrogens (tertiary/aromatic N) is 3. The minimum Gasteiger partial charge on any atom is -0.445 e. The van der Waals surface area contributed by atoms with Crippen molar-refractivity contribution < 1.29 is 14.0 Å². The second kappa shape index (κ2) is 8.04. The Balaban J connectivity index is 1.61. The van der Waals surface area contributed by atoms with E-state index in [0.29, 0.717) is 30.4 Å². The molecule has 3 amide bonds. The van der Waals surface area contributed by atoms with Crippen LogP contribution >= 0.6 is 0 Å². The Morgan fingerprint density at radius 1 is 1.18 bits per heavy atom. The topological polar surface area (TPSA) is 78.7 Å². The van der Waals surface area contributed by atoms with Gasteiger partial charge in [-0.25, -0.2) is 9.78 Å². The molecule has 1 aliphatic rings. The number of nitrogens with one attached hydrogen (secondary N) is 1. The molecule has 1 aliphatic heterocycles. The molecule has 1 saturated heterocycles. The second-order valence-electron chi connectivity index (χ2n) is 7.67. The zero-order valence-corrected chi connectivity index (χ0v) is 17.2. The first kappa shape index (κ1) is 19.9. The summed E-state index contributed by atoms with van der Waals surface area (Å²) in [5.74, 6) is 1.10. The van der Waals surface area contributed by atoms with Gasteiger partial charge in [-0.3, -0.25) is 4.79 Å². The Hall–Kier alpha value is -2.83. The smallest absolute Gasteiger partial charge is 0.321 e. The number of aromatic nitrogens is 1. The van der Waals surface area contributed by atoms with Gasteiger partial charge in [-0.1, -0.05) is 12.1 Å². The lowest BCUT2D eigenvalue weighted by molar-refractivity contribution is 0.0821. The molecule has 0 bridgehead atoms. The van der Waals surface area contributed by atoms with Gasteiger partial charge >= 0.3 is 6.03 Å². The van der Waals surface area contributed by atoms with Crippen molar-refractivity contribution in [1.82, 2.24) is 14.8 Å². The van der Waals surface area contributed by atoms with Gasteiger partial charge in [-0.05, 0) is 50.8 Å². The molecule has 150 valence electrons. The van der Waals surface area contributed by atoms with Crippen LogP contribution in [-0.2, 0) is 0 Å². The van der Waals surface area contributed by atoms with Gasteiger partial charge in [0.2, 0.25) is 0 Å². The molecule has 1 aromatic heterocycles. The molecule has 3 rings (SSSR count). The monoisotopic (exact) mass is 384 g/mol. The molecule has 7 heteroatoms. The van der Waals surface area contributed by atoms with Crippen molar-refractivity contribution >= 4 is 17.6 Å². The number of aryl methyl sites for hydroxylation is 3. The highest BCUT2D eigenvalue weighted by Crippen LogP contribution is 2.29. The maximum absolute atomic E-state index is 12.6. The number of carbonyl (C=O) groups is 2. The normalized spacial score (nSPS) is 14.8. The van der Waals surface area contributed by atoms with Crippen LogP contribution in [0.5, 0.6) is 0 Å². The van der Waals surface area contributed by atoms with Gasteiger partial charge in [0.1, 0.15) is 5.76 Å². The third-order valence-electron chi connectivity index (χ3n) is 5.19. The number of hydrogen-bond acceptors (Lipinski definition) is 4. The first-order valence-corrected chi connectivity index (χ1v) is 9.58. The summed E-state index contributed by atoms with van der Waals surface area (Å²) in [6, 6.07) is 5.94. The summed E-state index contributed by atoms with van der Waals surface area (Å²) in [7, 11) is 3.40. The van der Waals surface area contributed by atoms with E-state index in [1.54, 1.807) is 21.0 Å². The largest absolute Gasteiger partial charge is 0.445 e. The molecule has 0 aliphatic carbocycles. The summed E-state index contributed by atoms with van der Waals surface area (Å²) in [6.07, 6.45) is 1.52. The lowest BCUT2D eigenvalue weighted by Gasteiger charge is -2.30. The van der Waals surface area contributed by atoms with Crippen molar-refractivity contribution in [3.05, 3.63) is 46.7 Å². The predicted octanol–water partition coefficient (Wildman–Crippen LogP) is 3.71. The maximum Gasteiger partial charge on any atom is 0.321 e. The summed E-state index contributed by atoms with van der Waals surface area (Å²) in [5, 5.41) is 3.01. The van der Waals surface area contributed by atoms with Crippen LogP contribution in [0, 0.1) is 20.8 Å². The number of likely N-dealkylation sites (tertiary alicyclic amines) is 1. The quantitative estimate of drug-likeness (QED) is 0.875. The van der Waals surface area contributed by atoms with E-state index in [-0.39, 0.29) is 17.9 Å². The van der Waals surface area contributed by atoms with Crippen LogP contribution in [0.15, 0.2) is 22.6 Å². The summed E-state index contributed by atoms with van der Waals surface area (Å²) in [4.78, 5) is 32.5. The van der Waals surface area contributed by atoms with Crippen LogP contribution in [0.2, 0.25) is 0 Å². The number of amides is 3. The summed E-state index contributed by atoms with van der Waals surface area (Å²) in [6.45, 7) is 7.01. The Morgan fingerprint density at radius 2 is 1.86 bits per heavy atom. The fraction of sp³-hybridized carbons (Fsp3) is 0.476. The number of urea groups is 1. The maximum atomic E-state index is 12.6. The van der Waals surface area contributed by atoms with Gasteiger partial charge in [0.05, 0.1) is 0 Å². The Morgan fingerprint density at radius 3 is 2.50 bits per heavy atom. The SMILES string of the molecule is Cc1ccc(C)c(NC(=O)N2CCC(c3nc(C(=O)N(C)C)c(C)o3)CC2)c1. The summed E-state index contributed by atoms with van der Waals surface area (Å²) < 4.78 is 5.77. The second-order valence-corrected chi connectivity index (χ2v) is 7.67. The van der Waals surface area contributed by atoms with Crippen LogP contribution < -0.4 is 5.32 Å². The van der Waals surface area contributed by atoms with E-state index in [9.17, 15) is 9.59 Å². The summed E-state index contributed by atoms with van der Waals surface area (Å²) in [5.41, 5.74) is 3.38. The Kier molecular flexibility index (Phi) is 5.72. The molecule has 1 N–H and O–H groups in total. The van der Waals surface area contributed by atoms with E-state index < -0.39 is 0 Å². The van der Waals surface area contributed by atoms with Crippen LogP contribution in [0.4, 0.5) is 10.5 Å². The number of rotatable bonds is 3. The van der Waals surface area contributed by atoms with Crippen LogP contribution in [-0.4, -0.2) is 53.9 Å². The third kappa shape index (κ3) is 4.18. The van der Waals surface area contributed by atoms with Crippen molar-refractivity contribution in [2.75, 3.05) is 32.5 Å². The van der Waals surface area contributed by atoms with Crippen LogP contribution in [0.1, 0.15) is 52.0 Å². The van der Waals surface area contributed by atoms with Crippen molar-refractivity contribution in [2.45, 2.75) is 39.5 Å².